The third-order valence-electron chi connectivity index (χ3n) is 4.86. The van der Waals surface area contributed by atoms with Crippen LogP contribution in [-0.4, -0.2) is 40.2 Å². The molecule has 2 aromatic rings. The van der Waals surface area contributed by atoms with Gasteiger partial charge in [0.15, 0.2) is 0 Å². The van der Waals surface area contributed by atoms with E-state index >= 15 is 0 Å². The fourth-order valence-corrected chi connectivity index (χ4v) is 2.95. The number of amides is 1. The normalized spacial score (nSPS) is 12.7. The van der Waals surface area contributed by atoms with Gasteiger partial charge in [0, 0.05) is 19.6 Å². The van der Waals surface area contributed by atoms with Gasteiger partial charge in [-0.15, -0.1) is 0 Å². The van der Waals surface area contributed by atoms with Crippen molar-refractivity contribution >= 4 is 5.91 Å². The third-order valence-corrected chi connectivity index (χ3v) is 4.86. The molecular formula is C21H32N4O. The zero-order chi connectivity index (χ0) is 19.4. The van der Waals surface area contributed by atoms with Crippen LogP contribution in [0.1, 0.15) is 61.6 Å². The lowest BCUT2D eigenvalue weighted by Crippen LogP contribution is -2.35. The van der Waals surface area contributed by atoms with Crippen molar-refractivity contribution in [1.29, 1.82) is 0 Å². The Morgan fingerprint density at radius 2 is 1.81 bits per heavy atom. The van der Waals surface area contributed by atoms with Crippen molar-refractivity contribution in [3.05, 3.63) is 47.3 Å². The molecule has 2 N–H and O–H groups in total. The van der Waals surface area contributed by atoms with Gasteiger partial charge in [-0.2, -0.15) is 5.10 Å². The lowest BCUT2D eigenvalue weighted by molar-refractivity contribution is 0.0787. The van der Waals surface area contributed by atoms with Gasteiger partial charge in [0.2, 0.25) is 0 Å². The SMILES string of the molecule is Cc1ccc(-n2ncc(C(=O)N(C)CCC(N)C(C)C)c2C(C)C)cc1. The summed E-state index contributed by atoms with van der Waals surface area (Å²) in [5.41, 5.74) is 9.90. The second kappa shape index (κ2) is 8.49. The van der Waals surface area contributed by atoms with Crippen LogP contribution in [0.3, 0.4) is 0 Å². The molecule has 5 nitrogen and oxygen atoms in total. The lowest BCUT2D eigenvalue weighted by atomic mass is 10.0. The molecule has 1 unspecified atom stereocenters. The molecule has 142 valence electrons. The van der Waals surface area contributed by atoms with E-state index in [-0.39, 0.29) is 17.9 Å². The smallest absolute Gasteiger partial charge is 0.257 e. The Hall–Kier alpha value is -2.14. The van der Waals surface area contributed by atoms with E-state index < -0.39 is 0 Å². The monoisotopic (exact) mass is 356 g/mol. The molecule has 0 fully saturated rings. The average Bonchev–Trinajstić information content (AvgIpc) is 3.04. The Labute approximate surface area is 157 Å². The summed E-state index contributed by atoms with van der Waals surface area (Å²) in [5.74, 6) is 0.598. The number of nitrogens with two attached hydrogens (primary N) is 1. The molecule has 0 spiro atoms. The van der Waals surface area contributed by atoms with Crippen LogP contribution in [0.25, 0.3) is 5.69 Å². The van der Waals surface area contributed by atoms with E-state index in [4.69, 9.17) is 5.73 Å². The molecule has 1 aromatic heterocycles. The number of nitrogens with zero attached hydrogens (tertiary/aromatic N) is 3. The first-order valence-electron chi connectivity index (χ1n) is 9.38. The largest absolute Gasteiger partial charge is 0.342 e. The maximum Gasteiger partial charge on any atom is 0.257 e. The highest BCUT2D eigenvalue weighted by Gasteiger charge is 2.23. The molecule has 0 bridgehead atoms. The van der Waals surface area contributed by atoms with Crippen LogP contribution >= 0.6 is 0 Å². The Balaban J connectivity index is 2.26. The number of carbonyl (C=O) groups excluding carboxylic acids is 1. The molecular weight excluding hydrogens is 324 g/mol. The molecule has 0 radical (unpaired) electrons. The molecule has 5 heteroatoms. The molecule has 1 amide bonds. The van der Waals surface area contributed by atoms with Gasteiger partial charge in [-0.3, -0.25) is 4.79 Å². The zero-order valence-electron chi connectivity index (χ0n) is 16.9. The molecule has 1 atom stereocenters. The molecule has 0 aliphatic heterocycles. The van der Waals surface area contributed by atoms with E-state index in [1.54, 1.807) is 11.1 Å². The summed E-state index contributed by atoms with van der Waals surface area (Å²) in [6.07, 6.45) is 2.49. The van der Waals surface area contributed by atoms with Gasteiger partial charge in [0.05, 0.1) is 23.1 Å². The molecule has 2 rings (SSSR count). The lowest BCUT2D eigenvalue weighted by Gasteiger charge is -2.22. The molecule has 0 saturated heterocycles. The standard InChI is InChI=1S/C21H32N4O/c1-14(2)19(22)11-12-24(6)21(26)18-13-23-25(20(18)15(3)4)17-9-7-16(5)8-10-17/h7-10,13-15,19H,11-12,22H2,1-6H3. The van der Waals surface area contributed by atoms with Crippen molar-refractivity contribution in [1.82, 2.24) is 14.7 Å². The van der Waals surface area contributed by atoms with E-state index in [0.717, 1.165) is 17.8 Å². The van der Waals surface area contributed by atoms with Gasteiger partial charge in [-0.1, -0.05) is 45.4 Å². The van der Waals surface area contributed by atoms with Crippen LogP contribution in [0.15, 0.2) is 30.5 Å². The second-order valence-corrected chi connectivity index (χ2v) is 7.77. The van der Waals surface area contributed by atoms with E-state index in [9.17, 15) is 4.79 Å². The van der Waals surface area contributed by atoms with E-state index in [0.29, 0.717) is 18.0 Å². The van der Waals surface area contributed by atoms with E-state index in [1.165, 1.54) is 5.56 Å². The predicted molar refractivity (Wildman–Crippen MR) is 107 cm³/mol. The van der Waals surface area contributed by atoms with Gasteiger partial charge in [0.1, 0.15) is 0 Å². The molecule has 26 heavy (non-hydrogen) atoms. The summed E-state index contributed by atoms with van der Waals surface area (Å²) in [7, 11) is 1.84. The Morgan fingerprint density at radius 1 is 1.19 bits per heavy atom. The fourth-order valence-electron chi connectivity index (χ4n) is 2.95. The van der Waals surface area contributed by atoms with Gasteiger partial charge in [-0.25, -0.2) is 4.68 Å². The van der Waals surface area contributed by atoms with Crippen molar-refractivity contribution in [3.63, 3.8) is 0 Å². The van der Waals surface area contributed by atoms with Gasteiger partial charge >= 0.3 is 0 Å². The summed E-state index contributed by atoms with van der Waals surface area (Å²) in [6.45, 7) is 11.1. The Morgan fingerprint density at radius 3 is 2.35 bits per heavy atom. The molecule has 0 aliphatic rings. The molecule has 0 aliphatic carbocycles. The van der Waals surface area contributed by atoms with Crippen molar-refractivity contribution in [3.8, 4) is 5.69 Å². The van der Waals surface area contributed by atoms with Crippen LogP contribution in [0, 0.1) is 12.8 Å². The van der Waals surface area contributed by atoms with Gasteiger partial charge in [0.25, 0.3) is 5.91 Å². The average molecular weight is 357 g/mol. The number of aryl methyl sites for hydroxylation is 1. The number of hydrogen-bond acceptors (Lipinski definition) is 3. The van der Waals surface area contributed by atoms with Crippen molar-refractivity contribution in [2.75, 3.05) is 13.6 Å². The molecule has 1 heterocycles. The Kier molecular flexibility index (Phi) is 6.59. The first kappa shape index (κ1) is 20.2. The minimum Gasteiger partial charge on any atom is -0.342 e. The number of carbonyl (C=O) groups is 1. The summed E-state index contributed by atoms with van der Waals surface area (Å²) < 4.78 is 1.88. The van der Waals surface area contributed by atoms with E-state index in [1.807, 2.05) is 23.9 Å². The first-order chi connectivity index (χ1) is 12.2. The quantitative estimate of drug-likeness (QED) is 0.822. The third kappa shape index (κ3) is 4.52. The van der Waals surface area contributed by atoms with Crippen molar-refractivity contribution in [2.45, 2.75) is 53.0 Å². The number of hydrogen-bond donors (Lipinski definition) is 1. The second-order valence-electron chi connectivity index (χ2n) is 7.77. The number of rotatable bonds is 7. The topological polar surface area (TPSA) is 64.2 Å². The van der Waals surface area contributed by atoms with Crippen LogP contribution in [-0.2, 0) is 0 Å². The predicted octanol–water partition coefficient (Wildman–Crippen LogP) is 3.75. The molecule has 1 aromatic carbocycles. The minimum absolute atomic E-state index is 0.00279. The maximum absolute atomic E-state index is 13.0. The minimum atomic E-state index is 0.00279. The van der Waals surface area contributed by atoms with Crippen molar-refractivity contribution in [2.24, 2.45) is 11.7 Å². The highest BCUT2D eigenvalue weighted by atomic mass is 16.2. The highest BCUT2D eigenvalue weighted by Crippen LogP contribution is 2.24. The van der Waals surface area contributed by atoms with Crippen LogP contribution in [0.2, 0.25) is 0 Å². The number of aromatic nitrogens is 2. The number of benzene rings is 1. The van der Waals surface area contributed by atoms with Gasteiger partial charge < -0.3 is 10.6 Å². The Bertz CT molecular complexity index is 731. The zero-order valence-corrected chi connectivity index (χ0v) is 16.9. The summed E-state index contributed by atoms with van der Waals surface area (Å²) in [5, 5.41) is 4.51. The molecule has 0 saturated carbocycles. The first-order valence-corrected chi connectivity index (χ1v) is 9.38. The van der Waals surface area contributed by atoms with E-state index in [2.05, 4.69) is 51.9 Å². The fraction of sp³-hybridized carbons (Fsp3) is 0.524. The van der Waals surface area contributed by atoms with Crippen LogP contribution in [0.4, 0.5) is 0 Å². The maximum atomic E-state index is 13.0. The van der Waals surface area contributed by atoms with Crippen LogP contribution in [0.5, 0.6) is 0 Å². The highest BCUT2D eigenvalue weighted by molar-refractivity contribution is 5.95. The summed E-state index contributed by atoms with van der Waals surface area (Å²) in [4.78, 5) is 14.7. The van der Waals surface area contributed by atoms with Gasteiger partial charge in [-0.05, 0) is 37.3 Å². The van der Waals surface area contributed by atoms with Crippen molar-refractivity contribution < 1.29 is 4.79 Å². The van der Waals surface area contributed by atoms with Crippen LogP contribution < -0.4 is 5.73 Å². The summed E-state index contributed by atoms with van der Waals surface area (Å²) in [6, 6.07) is 8.29. The summed E-state index contributed by atoms with van der Waals surface area (Å²) >= 11 is 0.